The van der Waals surface area contributed by atoms with Crippen LogP contribution in [0, 0.1) is 0 Å². The molecule has 0 aromatic rings. The summed E-state index contributed by atoms with van der Waals surface area (Å²) in [6.45, 7) is 10.5. The fourth-order valence-electron chi connectivity index (χ4n) is 3.27. The summed E-state index contributed by atoms with van der Waals surface area (Å²) in [5.74, 6) is 0. The molecule has 0 aromatic carbocycles. The Labute approximate surface area is 140 Å². The number of ether oxygens (including phenoxy) is 3. The minimum atomic E-state index is -0.436. The van der Waals surface area contributed by atoms with E-state index < -0.39 is 5.60 Å². The average Bonchev–Trinajstić information content (AvgIpc) is 2.72. The molecule has 1 fully saturated rings. The Bertz CT molecular complexity index is 427. The Morgan fingerprint density at radius 2 is 1.96 bits per heavy atom. The van der Waals surface area contributed by atoms with E-state index in [-0.39, 0.29) is 12.1 Å². The third kappa shape index (κ3) is 5.50. The molecule has 2 rings (SSSR count). The molecule has 2 bridgehead atoms. The molecule has 0 spiro atoms. The monoisotopic (exact) mass is 325 g/mol. The van der Waals surface area contributed by atoms with E-state index in [1.807, 2.05) is 32.6 Å². The second-order valence-electron chi connectivity index (χ2n) is 7.27. The molecule has 1 amide bonds. The maximum atomic E-state index is 12.4. The number of amides is 1. The third-order valence-corrected chi connectivity index (χ3v) is 4.22. The Balaban J connectivity index is 1.80. The first-order chi connectivity index (χ1) is 10.9. The van der Waals surface area contributed by atoms with Gasteiger partial charge in [0.2, 0.25) is 0 Å². The van der Waals surface area contributed by atoms with Crippen LogP contribution in [0.1, 0.15) is 53.4 Å². The average molecular weight is 325 g/mol. The van der Waals surface area contributed by atoms with E-state index in [2.05, 4.69) is 6.08 Å². The molecular weight excluding hydrogens is 294 g/mol. The molecule has 2 unspecified atom stereocenters. The first-order valence-corrected chi connectivity index (χ1v) is 8.77. The van der Waals surface area contributed by atoms with Crippen molar-refractivity contribution in [2.45, 2.75) is 71.1 Å². The highest BCUT2D eigenvalue weighted by Crippen LogP contribution is 2.36. The number of rotatable bonds is 7. The quantitative estimate of drug-likeness (QED) is 0.531. The zero-order valence-corrected chi connectivity index (χ0v) is 15.0. The van der Waals surface area contributed by atoms with Crippen LogP contribution in [-0.2, 0) is 14.2 Å². The van der Waals surface area contributed by atoms with Crippen LogP contribution in [0.4, 0.5) is 4.79 Å². The fourth-order valence-corrected chi connectivity index (χ4v) is 3.27. The van der Waals surface area contributed by atoms with E-state index >= 15 is 0 Å². The van der Waals surface area contributed by atoms with Crippen LogP contribution in [0.15, 0.2) is 11.6 Å². The highest BCUT2D eigenvalue weighted by molar-refractivity contribution is 5.70. The third-order valence-electron chi connectivity index (χ3n) is 4.22. The molecule has 0 aliphatic carbocycles. The Hall–Kier alpha value is -1.07. The minimum Gasteiger partial charge on any atom is -0.444 e. The molecular formula is C18H31NO4. The highest BCUT2D eigenvalue weighted by Gasteiger charge is 2.41. The summed E-state index contributed by atoms with van der Waals surface area (Å²) in [7, 11) is 0. The van der Waals surface area contributed by atoms with Crippen molar-refractivity contribution in [1.29, 1.82) is 0 Å². The van der Waals surface area contributed by atoms with E-state index in [0.717, 1.165) is 38.9 Å². The smallest absolute Gasteiger partial charge is 0.411 e. The van der Waals surface area contributed by atoms with Gasteiger partial charge in [0.05, 0.1) is 25.9 Å². The molecule has 132 valence electrons. The zero-order valence-electron chi connectivity index (χ0n) is 15.0. The van der Waals surface area contributed by atoms with Gasteiger partial charge >= 0.3 is 6.09 Å². The number of hydrogen-bond acceptors (Lipinski definition) is 4. The SMILES string of the molecule is CCOCCOCCC1=CC2CCC(C1)N2C(=O)OC(C)(C)C. The van der Waals surface area contributed by atoms with Gasteiger partial charge in [-0.3, -0.25) is 4.90 Å². The van der Waals surface area contributed by atoms with Gasteiger partial charge in [-0.05, 0) is 53.4 Å². The Kier molecular flexibility index (Phi) is 6.48. The van der Waals surface area contributed by atoms with Crippen LogP contribution in [0.3, 0.4) is 0 Å². The predicted molar refractivity (Wildman–Crippen MR) is 89.5 cm³/mol. The first kappa shape index (κ1) is 18.3. The van der Waals surface area contributed by atoms with E-state index in [1.165, 1.54) is 5.57 Å². The normalized spacial score (nSPS) is 23.8. The second-order valence-corrected chi connectivity index (χ2v) is 7.27. The van der Waals surface area contributed by atoms with Crippen molar-refractivity contribution in [3.63, 3.8) is 0 Å². The van der Waals surface area contributed by atoms with Crippen molar-refractivity contribution in [3.05, 3.63) is 11.6 Å². The summed E-state index contributed by atoms with van der Waals surface area (Å²) < 4.78 is 16.4. The molecule has 2 atom stereocenters. The lowest BCUT2D eigenvalue weighted by Gasteiger charge is -2.35. The number of carbonyl (C=O) groups is 1. The standard InChI is InChI=1S/C18H31NO4/c1-5-21-10-11-22-9-8-14-12-15-6-7-16(13-14)19(15)17(20)23-18(2,3)4/h12,15-16H,5-11,13H2,1-4H3. The molecule has 2 heterocycles. The van der Waals surface area contributed by atoms with Gasteiger partial charge < -0.3 is 14.2 Å². The lowest BCUT2D eigenvalue weighted by molar-refractivity contribution is 0.0162. The summed E-state index contributed by atoms with van der Waals surface area (Å²) in [5, 5.41) is 0. The molecule has 2 aliphatic rings. The molecule has 0 radical (unpaired) electrons. The number of nitrogens with zero attached hydrogens (tertiary/aromatic N) is 1. The first-order valence-electron chi connectivity index (χ1n) is 8.77. The van der Waals surface area contributed by atoms with Gasteiger partial charge in [0.25, 0.3) is 0 Å². The van der Waals surface area contributed by atoms with Gasteiger partial charge in [-0.25, -0.2) is 4.79 Å². The van der Waals surface area contributed by atoms with Gasteiger partial charge in [0.15, 0.2) is 0 Å². The van der Waals surface area contributed by atoms with Crippen molar-refractivity contribution >= 4 is 6.09 Å². The fraction of sp³-hybridized carbons (Fsp3) is 0.833. The minimum absolute atomic E-state index is 0.173. The van der Waals surface area contributed by atoms with E-state index in [4.69, 9.17) is 14.2 Å². The summed E-state index contributed by atoms with van der Waals surface area (Å²) in [4.78, 5) is 14.3. The van der Waals surface area contributed by atoms with Gasteiger partial charge in [-0.2, -0.15) is 0 Å². The second kappa shape index (κ2) is 8.15. The van der Waals surface area contributed by atoms with Gasteiger partial charge in [-0.1, -0.05) is 11.6 Å². The van der Waals surface area contributed by atoms with E-state index in [9.17, 15) is 4.79 Å². The largest absolute Gasteiger partial charge is 0.444 e. The summed E-state index contributed by atoms with van der Waals surface area (Å²) in [6, 6.07) is 0.486. The number of fused-ring (bicyclic) bond motifs is 2. The van der Waals surface area contributed by atoms with Crippen LogP contribution >= 0.6 is 0 Å². The topological polar surface area (TPSA) is 48.0 Å². The van der Waals surface area contributed by atoms with Crippen LogP contribution in [0.2, 0.25) is 0 Å². The van der Waals surface area contributed by atoms with Crippen LogP contribution in [0.25, 0.3) is 0 Å². The molecule has 23 heavy (non-hydrogen) atoms. The zero-order chi connectivity index (χ0) is 16.9. The lowest BCUT2D eigenvalue weighted by Crippen LogP contribution is -2.45. The molecule has 0 saturated carbocycles. The highest BCUT2D eigenvalue weighted by atomic mass is 16.6. The molecule has 0 aromatic heterocycles. The van der Waals surface area contributed by atoms with E-state index in [0.29, 0.717) is 19.3 Å². The maximum absolute atomic E-state index is 12.4. The van der Waals surface area contributed by atoms with Gasteiger partial charge in [-0.15, -0.1) is 0 Å². The van der Waals surface area contributed by atoms with Crippen molar-refractivity contribution in [2.75, 3.05) is 26.4 Å². The lowest BCUT2D eigenvalue weighted by atomic mass is 9.99. The predicted octanol–water partition coefficient (Wildman–Crippen LogP) is 3.53. The summed E-state index contributed by atoms with van der Waals surface area (Å²) in [6.07, 6.45) is 6.08. The van der Waals surface area contributed by atoms with Gasteiger partial charge in [0.1, 0.15) is 5.60 Å². The summed E-state index contributed by atoms with van der Waals surface area (Å²) >= 11 is 0. The van der Waals surface area contributed by atoms with Crippen molar-refractivity contribution in [1.82, 2.24) is 4.90 Å². The van der Waals surface area contributed by atoms with Crippen molar-refractivity contribution in [2.24, 2.45) is 0 Å². The van der Waals surface area contributed by atoms with Crippen LogP contribution < -0.4 is 0 Å². The molecule has 2 aliphatic heterocycles. The maximum Gasteiger partial charge on any atom is 0.411 e. The number of hydrogen-bond donors (Lipinski definition) is 0. The molecule has 0 N–H and O–H groups in total. The molecule has 1 saturated heterocycles. The summed E-state index contributed by atoms with van der Waals surface area (Å²) in [5.41, 5.74) is 0.975. The van der Waals surface area contributed by atoms with E-state index in [1.54, 1.807) is 0 Å². The molecule has 5 heteroatoms. The Morgan fingerprint density at radius 1 is 1.22 bits per heavy atom. The van der Waals surface area contributed by atoms with Crippen LogP contribution in [0.5, 0.6) is 0 Å². The van der Waals surface area contributed by atoms with Gasteiger partial charge in [0, 0.05) is 12.6 Å². The van der Waals surface area contributed by atoms with Crippen molar-refractivity contribution < 1.29 is 19.0 Å². The molecule has 5 nitrogen and oxygen atoms in total. The van der Waals surface area contributed by atoms with Crippen molar-refractivity contribution in [3.8, 4) is 0 Å². The number of carbonyl (C=O) groups excluding carboxylic acids is 1. The van der Waals surface area contributed by atoms with Crippen LogP contribution in [-0.4, -0.2) is 55.1 Å². The Morgan fingerprint density at radius 3 is 2.61 bits per heavy atom.